The summed E-state index contributed by atoms with van der Waals surface area (Å²) < 4.78 is 9.99. The van der Waals surface area contributed by atoms with Gasteiger partial charge in [0.25, 0.3) is 17.7 Å². The minimum atomic E-state index is -1.21. The van der Waals surface area contributed by atoms with Gasteiger partial charge in [0.05, 0.1) is 23.8 Å². The molecule has 34 heavy (non-hydrogen) atoms. The Bertz CT molecular complexity index is 1170. The molecule has 178 valence electrons. The average molecular weight is 485 g/mol. The van der Waals surface area contributed by atoms with E-state index in [-0.39, 0.29) is 11.1 Å². The first-order valence-electron chi connectivity index (χ1n) is 10.9. The molecule has 0 spiro atoms. The number of nitrogens with zero attached hydrogens (tertiary/aromatic N) is 1. The molecule has 2 heterocycles. The lowest BCUT2D eigenvalue weighted by atomic mass is 9.88. The van der Waals surface area contributed by atoms with Crippen LogP contribution in [0.4, 0.5) is 5.00 Å². The molecular formula is C24H24N2O7S. The number of fused-ring (bicyclic) bond motifs is 2. The molecule has 0 saturated carbocycles. The molecule has 9 nitrogen and oxygen atoms in total. The summed E-state index contributed by atoms with van der Waals surface area (Å²) in [7, 11) is 1.28. The number of nitrogens with one attached hydrogen (secondary N) is 1. The van der Waals surface area contributed by atoms with Crippen molar-refractivity contribution in [3.8, 4) is 0 Å². The van der Waals surface area contributed by atoms with Gasteiger partial charge in [-0.25, -0.2) is 9.59 Å². The van der Waals surface area contributed by atoms with Crippen LogP contribution in [-0.2, 0) is 31.9 Å². The topological polar surface area (TPSA) is 119 Å². The first-order valence-corrected chi connectivity index (χ1v) is 11.7. The van der Waals surface area contributed by atoms with Crippen LogP contribution in [0.3, 0.4) is 0 Å². The Balaban J connectivity index is 1.41. The summed E-state index contributed by atoms with van der Waals surface area (Å²) in [4.78, 5) is 64.4. The Labute approximate surface area is 200 Å². The molecular weight excluding hydrogens is 460 g/mol. The summed E-state index contributed by atoms with van der Waals surface area (Å²) in [5.41, 5.74) is 1.67. The Hall–Kier alpha value is -3.53. The summed E-state index contributed by atoms with van der Waals surface area (Å²) in [5.74, 6) is -2.76. The molecule has 2 unspecified atom stereocenters. The van der Waals surface area contributed by atoms with Crippen LogP contribution in [0.25, 0.3) is 0 Å². The van der Waals surface area contributed by atoms with Crippen LogP contribution in [0.5, 0.6) is 0 Å². The van der Waals surface area contributed by atoms with Gasteiger partial charge in [-0.15, -0.1) is 11.3 Å². The molecule has 2 aliphatic rings. The van der Waals surface area contributed by atoms with E-state index in [1.165, 1.54) is 37.5 Å². The number of carbonyl (C=O) groups excluding carboxylic acids is 5. The van der Waals surface area contributed by atoms with Crippen molar-refractivity contribution in [1.29, 1.82) is 0 Å². The summed E-state index contributed by atoms with van der Waals surface area (Å²) in [6.45, 7) is 2.87. The molecule has 0 bridgehead atoms. The number of imide groups is 1. The van der Waals surface area contributed by atoms with E-state index in [2.05, 4.69) is 12.2 Å². The van der Waals surface area contributed by atoms with Crippen LogP contribution in [0, 0.1) is 5.92 Å². The number of hydrogen-bond donors (Lipinski definition) is 1. The number of esters is 2. The van der Waals surface area contributed by atoms with Gasteiger partial charge in [0, 0.05) is 4.88 Å². The predicted octanol–water partition coefficient (Wildman–Crippen LogP) is 2.83. The lowest BCUT2D eigenvalue weighted by Crippen LogP contribution is -2.44. The summed E-state index contributed by atoms with van der Waals surface area (Å²) in [5, 5.41) is 3.01. The zero-order valence-corrected chi connectivity index (χ0v) is 19.8. The first-order chi connectivity index (χ1) is 16.2. The third kappa shape index (κ3) is 4.21. The Morgan fingerprint density at radius 3 is 2.44 bits per heavy atom. The van der Waals surface area contributed by atoms with Crippen molar-refractivity contribution < 1.29 is 33.4 Å². The Kier molecular flexibility index (Phi) is 6.52. The molecule has 0 radical (unpaired) electrons. The van der Waals surface area contributed by atoms with Gasteiger partial charge in [0.2, 0.25) is 0 Å². The molecule has 1 aromatic heterocycles. The number of benzene rings is 1. The largest absolute Gasteiger partial charge is 0.465 e. The minimum Gasteiger partial charge on any atom is -0.465 e. The number of thiophene rings is 1. The SMILES string of the molecule is COC(=O)c1c(NC(=O)COC(=O)C(C)N2C(=O)c3ccccc3C2=O)sc2c1CCC(C)C2. The van der Waals surface area contributed by atoms with Crippen LogP contribution < -0.4 is 5.32 Å². The molecule has 3 amide bonds. The Morgan fingerprint density at radius 1 is 1.18 bits per heavy atom. The van der Waals surface area contributed by atoms with Crippen molar-refractivity contribution in [2.75, 3.05) is 19.0 Å². The van der Waals surface area contributed by atoms with E-state index in [1.807, 2.05) is 0 Å². The highest BCUT2D eigenvalue weighted by atomic mass is 32.1. The van der Waals surface area contributed by atoms with Gasteiger partial charge < -0.3 is 14.8 Å². The maximum atomic E-state index is 12.6. The third-order valence-electron chi connectivity index (χ3n) is 6.05. The highest BCUT2D eigenvalue weighted by Crippen LogP contribution is 2.40. The summed E-state index contributed by atoms with van der Waals surface area (Å²) in [6, 6.07) is 5.09. The van der Waals surface area contributed by atoms with E-state index in [1.54, 1.807) is 12.1 Å². The Morgan fingerprint density at radius 2 is 1.82 bits per heavy atom. The van der Waals surface area contributed by atoms with Crippen molar-refractivity contribution in [3.63, 3.8) is 0 Å². The van der Waals surface area contributed by atoms with Crippen LogP contribution in [0.15, 0.2) is 24.3 Å². The third-order valence-corrected chi connectivity index (χ3v) is 7.22. The molecule has 1 aromatic carbocycles. The zero-order chi connectivity index (χ0) is 24.6. The van der Waals surface area contributed by atoms with Crippen molar-refractivity contribution in [1.82, 2.24) is 4.90 Å². The van der Waals surface area contributed by atoms with Crippen molar-refractivity contribution in [3.05, 3.63) is 51.4 Å². The highest BCUT2D eigenvalue weighted by Gasteiger charge is 2.41. The number of hydrogen-bond acceptors (Lipinski definition) is 8. The monoisotopic (exact) mass is 484 g/mol. The molecule has 10 heteroatoms. The molecule has 1 aliphatic carbocycles. The lowest BCUT2D eigenvalue weighted by molar-refractivity contribution is -0.150. The van der Waals surface area contributed by atoms with Crippen LogP contribution in [-0.4, -0.2) is 54.3 Å². The summed E-state index contributed by atoms with van der Waals surface area (Å²) in [6.07, 6.45) is 2.47. The van der Waals surface area contributed by atoms with Crippen LogP contribution in [0.2, 0.25) is 0 Å². The molecule has 2 aromatic rings. The zero-order valence-electron chi connectivity index (χ0n) is 19.0. The average Bonchev–Trinajstić information content (AvgIpc) is 3.30. The van der Waals surface area contributed by atoms with Gasteiger partial charge in [-0.2, -0.15) is 0 Å². The van der Waals surface area contributed by atoms with E-state index < -0.39 is 42.3 Å². The first kappa shape index (κ1) is 23.6. The van der Waals surface area contributed by atoms with Gasteiger partial charge in [-0.3, -0.25) is 19.3 Å². The molecule has 4 rings (SSSR count). The fourth-order valence-electron chi connectivity index (χ4n) is 4.24. The number of methoxy groups -OCH3 is 1. The number of anilines is 1. The second-order valence-electron chi connectivity index (χ2n) is 8.41. The van der Waals surface area contributed by atoms with Crippen LogP contribution >= 0.6 is 11.3 Å². The van der Waals surface area contributed by atoms with Crippen molar-refractivity contribution in [2.45, 2.75) is 39.2 Å². The minimum absolute atomic E-state index is 0.219. The molecule has 2 atom stereocenters. The summed E-state index contributed by atoms with van der Waals surface area (Å²) >= 11 is 1.32. The maximum Gasteiger partial charge on any atom is 0.341 e. The van der Waals surface area contributed by atoms with Gasteiger partial charge in [0.1, 0.15) is 11.0 Å². The van der Waals surface area contributed by atoms with E-state index >= 15 is 0 Å². The number of amides is 3. The van der Waals surface area contributed by atoms with Gasteiger partial charge in [-0.05, 0) is 49.8 Å². The van der Waals surface area contributed by atoms with Crippen molar-refractivity contribution >= 4 is 46.0 Å². The van der Waals surface area contributed by atoms with Gasteiger partial charge in [0.15, 0.2) is 6.61 Å². The van der Waals surface area contributed by atoms with E-state index in [0.717, 1.165) is 34.6 Å². The van der Waals surface area contributed by atoms with E-state index in [9.17, 15) is 24.0 Å². The molecule has 1 N–H and O–H groups in total. The smallest absolute Gasteiger partial charge is 0.341 e. The standard InChI is InChI=1S/C24H24N2O7S/c1-12-8-9-16-17(10-12)34-20(19(16)24(31)32-3)25-18(27)11-33-23(30)13(2)26-21(28)14-6-4-5-7-15(14)22(26)29/h4-7,12-13H,8-11H2,1-3H3,(H,25,27). The highest BCUT2D eigenvalue weighted by molar-refractivity contribution is 7.17. The lowest BCUT2D eigenvalue weighted by Gasteiger charge is -2.20. The second kappa shape index (κ2) is 9.38. The number of carbonyl (C=O) groups is 5. The predicted molar refractivity (Wildman–Crippen MR) is 123 cm³/mol. The number of ether oxygens (including phenoxy) is 2. The van der Waals surface area contributed by atoms with E-state index in [4.69, 9.17) is 9.47 Å². The fraction of sp³-hybridized carbons (Fsp3) is 0.375. The normalized spacial score (nSPS) is 17.6. The molecule has 0 fully saturated rings. The van der Waals surface area contributed by atoms with Gasteiger partial charge in [-0.1, -0.05) is 19.1 Å². The van der Waals surface area contributed by atoms with Crippen molar-refractivity contribution in [2.24, 2.45) is 5.92 Å². The molecule has 0 saturated heterocycles. The van der Waals surface area contributed by atoms with Gasteiger partial charge >= 0.3 is 11.9 Å². The number of rotatable bonds is 6. The van der Waals surface area contributed by atoms with Crippen LogP contribution in [0.1, 0.15) is 61.8 Å². The quantitative estimate of drug-likeness (QED) is 0.495. The fourth-order valence-corrected chi connectivity index (χ4v) is 5.66. The molecule has 1 aliphatic heterocycles. The van der Waals surface area contributed by atoms with E-state index in [0.29, 0.717) is 16.5 Å². The maximum absolute atomic E-state index is 12.6. The second-order valence-corrected chi connectivity index (χ2v) is 9.51.